The lowest BCUT2D eigenvalue weighted by Gasteiger charge is -2.03. The van der Waals surface area contributed by atoms with Crippen LogP contribution in [0.15, 0.2) is 22.5 Å². The molecule has 0 aliphatic rings. The predicted octanol–water partition coefficient (Wildman–Crippen LogP) is 2.90. The van der Waals surface area contributed by atoms with Crippen molar-refractivity contribution >= 4 is 45.0 Å². The van der Waals surface area contributed by atoms with Crippen molar-refractivity contribution in [3.8, 4) is 0 Å². The maximum Gasteiger partial charge on any atom is 0.305 e. The Bertz CT molecular complexity index is 539. The van der Waals surface area contributed by atoms with Crippen molar-refractivity contribution in [3.63, 3.8) is 0 Å². The largest absolute Gasteiger partial charge is 0.481 e. The van der Waals surface area contributed by atoms with Crippen LogP contribution in [0.2, 0.25) is 0 Å². The number of fused-ring (bicyclic) bond motifs is 1. The highest BCUT2D eigenvalue weighted by Crippen LogP contribution is 2.29. The van der Waals surface area contributed by atoms with E-state index in [1.807, 2.05) is 24.5 Å². The first-order chi connectivity index (χ1) is 8.19. The summed E-state index contributed by atoms with van der Waals surface area (Å²) in [5, 5.41) is 11.6. The average molecular weight is 268 g/mol. The summed E-state index contributed by atoms with van der Waals surface area (Å²) < 4.78 is 2.16. The Hall–Kier alpha value is -1.27. The van der Waals surface area contributed by atoms with Crippen LogP contribution in [0.5, 0.6) is 0 Å². The molecule has 90 valence electrons. The Labute approximate surface area is 107 Å². The van der Waals surface area contributed by atoms with Gasteiger partial charge in [-0.1, -0.05) is 11.8 Å². The van der Waals surface area contributed by atoms with Crippen LogP contribution in [0.25, 0.3) is 10.2 Å². The predicted molar refractivity (Wildman–Crippen MR) is 72.1 cm³/mol. The second-order valence-electron chi connectivity index (χ2n) is 3.44. The van der Waals surface area contributed by atoms with Crippen molar-refractivity contribution in [2.75, 3.05) is 18.1 Å². The number of thiazole rings is 1. The number of hydrogen-bond acceptors (Lipinski definition) is 5. The van der Waals surface area contributed by atoms with Crippen LogP contribution in [-0.4, -0.2) is 28.9 Å². The second-order valence-corrected chi connectivity index (χ2v) is 5.52. The molecule has 2 rings (SSSR count). The molecule has 0 saturated carbocycles. The molecular weight excluding hydrogens is 256 g/mol. The van der Waals surface area contributed by atoms with Gasteiger partial charge in [-0.05, 0) is 24.5 Å². The van der Waals surface area contributed by atoms with Crippen LogP contribution >= 0.6 is 23.1 Å². The summed E-state index contributed by atoms with van der Waals surface area (Å²) in [6.45, 7) is 0.440. The molecule has 1 aromatic carbocycles. The molecule has 2 N–H and O–H groups in total. The van der Waals surface area contributed by atoms with E-state index >= 15 is 0 Å². The fraction of sp³-hybridized carbons (Fsp3) is 0.273. The average Bonchev–Trinajstić information content (AvgIpc) is 2.70. The molecule has 0 aliphatic carbocycles. The third kappa shape index (κ3) is 3.10. The third-order valence-electron chi connectivity index (χ3n) is 2.21. The van der Waals surface area contributed by atoms with Crippen molar-refractivity contribution in [2.24, 2.45) is 0 Å². The number of carboxylic acid groups (broad SMARTS) is 1. The molecule has 0 unspecified atom stereocenters. The topological polar surface area (TPSA) is 62.2 Å². The number of benzene rings is 1. The molecule has 17 heavy (non-hydrogen) atoms. The zero-order chi connectivity index (χ0) is 12.3. The molecule has 0 aliphatic heterocycles. The number of hydrogen-bond donors (Lipinski definition) is 2. The van der Waals surface area contributed by atoms with Gasteiger partial charge in [0.05, 0.1) is 16.6 Å². The fourth-order valence-electron chi connectivity index (χ4n) is 1.41. The first kappa shape index (κ1) is 12.2. The summed E-state index contributed by atoms with van der Waals surface area (Å²) >= 11 is 3.28. The Morgan fingerprint density at radius 3 is 3.12 bits per heavy atom. The van der Waals surface area contributed by atoms with E-state index in [1.54, 1.807) is 23.1 Å². The van der Waals surface area contributed by atoms with Gasteiger partial charge in [0.25, 0.3) is 0 Å². The number of anilines is 1. The van der Waals surface area contributed by atoms with Gasteiger partial charge in [-0.2, -0.15) is 0 Å². The lowest BCUT2D eigenvalue weighted by atomic mass is 10.3. The van der Waals surface area contributed by atoms with Crippen LogP contribution in [0.1, 0.15) is 6.42 Å². The summed E-state index contributed by atoms with van der Waals surface area (Å²) in [5.74, 6) is -0.791. The highest BCUT2D eigenvalue weighted by atomic mass is 32.2. The Balaban J connectivity index is 2.11. The number of nitrogens with zero attached hydrogens (tertiary/aromatic N) is 1. The van der Waals surface area contributed by atoms with E-state index in [0.29, 0.717) is 6.54 Å². The normalized spacial score (nSPS) is 10.6. The number of nitrogens with one attached hydrogen (secondary N) is 1. The second kappa shape index (κ2) is 5.37. The first-order valence-corrected chi connectivity index (χ1v) is 7.13. The number of aromatic nitrogens is 1. The lowest BCUT2D eigenvalue weighted by molar-refractivity contribution is -0.136. The van der Waals surface area contributed by atoms with Crippen LogP contribution in [0, 0.1) is 0 Å². The highest BCUT2D eigenvalue weighted by molar-refractivity contribution is 8.00. The Morgan fingerprint density at radius 2 is 2.41 bits per heavy atom. The zero-order valence-corrected chi connectivity index (χ0v) is 10.9. The SMILES string of the molecule is CSc1nc2ccc(NCCC(=O)O)cc2s1. The van der Waals surface area contributed by atoms with Gasteiger partial charge in [0.1, 0.15) is 0 Å². The zero-order valence-electron chi connectivity index (χ0n) is 9.27. The minimum Gasteiger partial charge on any atom is -0.481 e. The molecule has 0 atom stereocenters. The first-order valence-electron chi connectivity index (χ1n) is 5.09. The molecule has 0 bridgehead atoms. The Kier molecular flexibility index (Phi) is 3.86. The maximum atomic E-state index is 10.4. The number of carboxylic acids is 1. The quantitative estimate of drug-likeness (QED) is 0.816. The van der Waals surface area contributed by atoms with Gasteiger partial charge in [0, 0.05) is 12.2 Å². The molecule has 0 spiro atoms. The summed E-state index contributed by atoms with van der Waals surface area (Å²) in [7, 11) is 0. The smallest absolute Gasteiger partial charge is 0.305 e. The minimum absolute atomic E-state index is 0.122. The summed E-state index contributed by atoms with van der Waals surface area (Å²) in [5.41, 5.74) is 1.93. The van der Waals surface area contributed by atoms with Crippen molar-refractivity contribution in [1.82, 2.24) is 4.98 Å². The monoisotopic (exact) mass is 268 g/mol. The van der Waals surface area contributed by atoms with Gasteiger partial charge in [0.15, 0.2) is 4.34 Å². The molecule has 6 heteroatoms. The highest BCUT2D eigenvalue weighted by Gasteiger charge is 2.04. The van der Waals surface area contributed by atoms with Gasteiger partial charge in [-0.3, -0.25) is 4.79 Å². The van der Waals surface area contributed by atoms with Crippen molar-refractivity contribution in [1.29, 1.82) is 0 Å². The maximum absolute atomic E-state index is 10.4. The van der Waals surface area contributed by atoms with E-state index in [9.17, 15) is 4.79 Å². The van der Waals surface area contributed by atoms with Crippen LogP contribution in [0.4, 0.5) is 5.69 Å². The van der Waals surface area contributed by atoms with Gasteiger partial charge in [-0.15, -0.1) is 11.3 Å². The van der Waals surface area contributed by atoms with Crippen LogP contribution in [0.3, 0.4) is 0 Å². The number of rotatable bonds is 5. The molecule has 2 aromatic rings. The molecule has 0 amide bonds. The standard InChI is InChI=1S/C11H12N2O2S2/c1-16-11-13-8-3-2-7(6-9(8)17-11)12-5-4-10(14)15/h2-3,6,12H,4-5H2,1H3,(H,14,15). The van der Waals surface area contributed by atoms with E-state index in [2.05, 4.69) is 10.3 Å². The molecule has 0 radical (unpaired) electrons. The minimum atomic E-state index is -0.791. The van der Waals surface area contributed by atoms with Gasteiger partial charge in [-0.25, -0.2) is 4.98 Å². The number of aliphatic carboxylic acids is 1. The lowest BCUT2D eigenvalue weighted by Crippen LogP contribution is -2.07. The van der Waals surface area contributed by atoms with Gasteiger partial charge in [0.2, 0.25) is 0 Å². The molecule has 0 saturated heterocycles. The number of thioether (sulfide) groups is 1. The van der Waals surface area contributed by atoms with Crippen molar-refractivity contribution < 1.29 is 9.90 Å². The van der Waals surface area contributed by atoms with Crippen LogP contribution < -0.4 is 5.32 Å². The molecular formula is C11H12N2O2S2. The van der Waals surface area contributed by atoms with E-state index in [1.165, 1.54) is 0 Å². The van der Waals surface area contributed by atoms with E-state index in [0.717, 1.165) is 20.2 Å². The molecule has 0 fully saturated rings. The van der Waals surface area contributed by atoms with E-state index in [4.69, 9.17) is 5.11 Å². The third-order valence-corrected chi connectivity index (χ3v) is 4.21. The van der Waals surface area contributed by atoms with Gasteiger partial charge >= 0.3 is 5.97 Å². The summed E-state index contributed by atoms with van der Waals surface area (Å²) in [6.07, 6.45) is 2.13. The number of carbonyl (C=O) groups is 1. The van der Waals surface area contributed by atoms with Crippen molar-refractivity contribution in [3.05, 3.63) is 18.2 Å². The molecule has 1 heterocycles. The van der Waals surface area contributed by atoms with Crippen molar-refractivity contribution in [2.45, 2.75) is 10.8 Å². The van der Waals surface area contributed by atoms with Gasteiger partial charge < -0.3 is 10.4 Å². The molecule has 4 nitrogen and oxygen atoms in total. The van der Waals surface area contributed by atoms with Crippen LogP contribution in [-0.2, 0) is 4.79 Å². The van der Waals surface area contributed by atoms with E-state index in [-0.39, 0.29) is 6.42 Å². The summed E-state index contributed by atoms with van der Waals surface area (Å²) in [6, 6.07) is 5.89. The molecule has 1 aromatic heterocycles. The Morgan fingerprint density at radius 1 is 1.59 bits per heavy atom. The summed E-state index contributed by atoms with van der Waals surface area (Å²) in [4.78, 5) is 14.8. The van der Waals surface area contributed by atoms with E-state index < -0.39 is 5.97 Å². The fourth-order valence-corrected chi connectivity index (χ4v) is 2.94.